The second-order valence-corrected chi connectivity index (χ2v) is 4.46. The third-order valence-corrected chi connectivity index (χ3v) is 2.41. The van der Waals surface area contributed by atoms with Crippen molar-refractivity contribution in [2.75, 3.05) is 19.8 Å². The van der Waals surface area contributed by atoms with E-state index >= 15 is 0 Å². The number of aliphatic hydroxyl groups is 1. The van der Waals surface area contributed by atoms with Gasteiger partial charge in [0.25, 0.3) is 0 Å². The molecule has 15 heavy (non-hydrogen) atoms. The highest BCUT2D eigenvalue weighted by Crippen LogP contribution is 1.95. The van der Waals surface area contributed by atoms with Crippen molar-refractivity contribution in [3.8, 4) is 0 Å². The van der Waals surface area contributed by atoms with Crippen molar-refractivity contribution in [2.45, 2.75) is 25.5 Å². The fourth-order valence-corrected chi connectivity index (χ4v) is 1.10. The van der Waals surface area contributed by atoms with E-state index in [0.29, 0.717) is 12.2 Å². The molecule has 0 aliphatic carbocycles. The standard InChI is InChI=1S/C10H20O4Si/c1-8(2)10(12)14-7-9(11)6-13-4-3-5-15/h9,11H,1,3-7H2,2,15H3. The molecule has 0 heterocycles. The third kappa shape index (κ3) is 8.35. The van der Waals surface area contributed by atoms with Gasteiger partial charge in [-0.25, -0.2) is 4.79 Å². The van der Waals surface area contributed by atoms with Gasteiger partial charge in [-0.1, -0.05) is 12.6 Å². The fraction of sp³-hybridized carbons (Fsp3) is 0.700. The van der Waals surface area contributed by atoms with Gasteiger partial charge in [0, 0.05) is 22.4 Å². The molecule has 0 saturated carbocycles. The maximum absolute atomic E-state index is 11.0. The lowest BCUT2D eigenvalue weighted by atomic mass is 10.3. The highest BCUT2D eigenvalue weighted by molar-refractivity contribution is 6.08. The molecule has 1 N–H and O–H groups in total. The van der Waals surface area contributed by atoms with Crippen LogP contribution in [-0.4, -0.2) is 47.2 Å². The number of hydrogen-bond acceptors (Lipinski definition) is 4. The summed E-state index contributed by atoms with van der Waals surface area (Å²) in [7, 11) is 1.18. The van der Waals surface area contributed by atoms with Crippen LogP contribution in [-0.2, 0) is 14.3 Å². The second-order valence-electron chi connectivity index (χ2n) is 3.46. The summed E-state index contributed by atoms with van der Waals surface area (Å²) in [4.78, 5) is 11.0. The first-order chi connectivity index (χ1) is 7.07. The molecule has 0 fully saturated rings. The van der Waals surface area contributed by atoms with Crippen LogP contribution in [0, 0.1) is 0 Å². The number of carbonyl (C=O) groups excluding carboxylic acids is 1. The Morgan fingerprint density at radius 3 is 2.73 bits per heavy atom. The van der Waals surface area contributed by atoms with Gasteiger partial charge in [-0.05, 0) is 13.3 Å². The van der Waals surface area contributed by atoms with E-state index in [-0.39, 0.29) is 13.2 Å². The first-order valence-electron chi connectivity index (χ1n) is 5.16. The normalized spacial score (nSPS) is 12.4. The maximum atomic E-state index is 11.0. The van der Waals surface area contributed by atoms with E-state index in [9.17, 15) is 9.90 Å². The summed E-state index contributed by atoms with van der Waals surface area (Å²) in [5.74, 6) is -0.478. The van der Waals surface area contributed by atoms with Crippen LogP contribution in [0.2, 0.25) is 6.04 Å². The van der Waals surface area contributed by atoms with Crippen molar-refractivity contribution < 1.29 is 19.4 Å². The van der Waals surface area contributed by atoms with Crippen LogP contribution in [0.4, 0.5) is 0 Å². The predicted octanol–water partition coefficient (Wildman–Crippen LogP) is -0.343. The molecule has 0 amide bonds. The highest BCUT2D eigenvalue weighted by Gasteiger charge is 2.09. The van der Waals surface area contributed by atoms with Crippen LogP contribution >= 0.6 is 0 Å². The molecule has 1 atom stereocenters. The minimum absolute atomic E-state index is 0.0352. The number of aliphatic hydroxyl groups excluding tert-OH is 1. The number of ether oxygens (including phenoxy) is 2. The molecule has 1 unspecified atom stereocenters. The zero-order valence-electron chi connectivity index (χ0n) is 9.49. The Morgan fingerprint density at radius 1 is 1.53 bits per heavy atom. The number of hydrogen-bond donors (Lipinski definition) is 1. The molecule has 0 aromatic carbocycles. The van der Waals surface area contributed by atoms with Crippen LogP contribution in [0.25, 0.3) is 0 Å². The van der Waals surface area contributed by atoms with E-state index in [0.717, 1.165) is 6.42 Å². The van der Waals surface area contributed by atoms with E-state index in [4.69, 9.17) is 9.47 Å². The van der Waals surface area contributed by atoms with Gasteiger partial charge in [0.05, 0.1) is 6.61 Å². The van der Waals surface area contributed by atoms with E-state index in [1.807, 2.05) is 0 Å². The molecule has 0 aliphatic heterocycles. The summed E-state index contributed by atoms with van der Waals surface area (Å²) in [6.45, 7) is 5.84. The summed E-state index contributed by atoms with van der Waals surface area (Å²) < 4.78 is 9.95. The first kappa shape index (κ1) is 14.3. The second kappa shape index (κ2) is 8.64. The molecule has 0 bridgehead atoms. The van der Waals surface area contributed by atoms with Gasteiger partial charge >= 0.3 is 5.97 Å². The summed E-state index contributed by atoms with van der Waals surface area (Å²) in [5, 5.41) is 9.36. The molecule has 0 spiro atoms. The van der Waals surface area contributed by atoms with Crippen LogP contribution in [0.5, 0.6) is 0 Å². The van der Waals surface area contributed by atoms with E-state index < -0.39 is 12.1 Å². The van der Waals surface area contributed by atoms with Gasteiger partial charge in [-0.3, -0.25) is 0 Å². The Morgan fingerprint density at radius 2 is 2.20 bits per heavy atom. The van der Waals surface area contributed by atoms with E-state index in [2.05, 4.69) is 6.58 Å². The van der Waals surface area contributed by atoms with E-state index in [1.165, 1.54) is 16.3 Å². The summed E-state index contributed by atoms with van der Waals surface area (Å²) in [6.07, 6.45) is 0.284. The maximum Gasteiger partial charge on any atom is 0.333 e. The lowest BCUT2D eigenvalue weighted by molar-refractivity contribution is -0.143. The highest BCUT2D eigenvalue weighted by atomic mass is 28.1. The Hall–Kier alpha value is -0.653. The molecule has 0 aromatic rings. The fourth-order valence-electron chi connectivity index (χ4n) is 0.809. The first-order valence-corrected chi connectivity index (χ1v) is 6.57. The van der Waals surface area contributed by atoms with Crippen LogP contribution in [0.15, 0.2) is 12.2 Å². The quantitative estimate of drug-likeness (QED) is 0.269. The molecule has 0 saturated heterocycles. The molecule has 4 nitrogen and oxygen atoms in total. The Labute approximate surface area is 93.7 Å². The zero-order chi connectivity index (χ0) is 11.7. The van der Waals surface area contributed by atoms with Gasteiger partial charge in [-0.15, -0.1) is 0 Å². The van der Waals surface area contributed by atoms with Crippen LogP contribution in [0.1, 0.15) is 13.3 Å². The largest absolute Gasteiger partial charge is 0.460 e. The van der Waals surface area contributed by atoms with Gasteiger partial charge < -0.3 is 14.6 Å². The Balaban J connectivity index is 3.44. The summed E-state index contributed by atoms with van der Waals surface area (Å²) in [5.41, 5.74) is 0.332. The van der Waals surface area contributed by atoms with E-state index in [1.54, 1.807) is 6.92 Å². The van der Waals surface area contributed by atoms with Gasteiger partial charge in [0.15, 0.2) is 0 Å². The predicted molar refractivity (Wildman–Crippen MR) is 62.0 cm³/mol. The van der Waals surface area contributed by atoms with Crippen molar-refractivity contribution in [3.63, 3.8) is 0 Å². The molecule has 5 heteroatoms. The van der Waals surface area contributed by atoms with Crippen molar-refractivity contribution in [1.29, 1.82) is 0 Å². The monoisotopic (exact) mass is 232 g/mol. The summed E-state index contributed by atoms with van der Waals surface area (Å²) in [6, 6.07) is 1.20. The van der Waals surface area contributed by atoms with Crippen molar-refractivity contribution in [2.24, 2.45) is 0 Å². The number of esters is 1. The average molecular weight is 232 g/mol. The molecular formula is C10H20O4Si. The minimum atomic E-state index is -0.748. The van der Waals surface area contributed by atoms with Crippen molar-refractivity contribution in [1.82, 2.24) is 0 Å². The van der Waals surface area contributed by atoms with Gasteiger partial charge in [0.2, 0.25) is 0 Å². The van der Waals surface area contributed by atoms with Gasteiger partial charge in [-0.2, -0.15) is 0 Å². The number of rotatable bonds is 8. The molecule has 0 aromatic heterocycles. The molecule has 88 valence electrons. The molecule has 0 rings (SSSR count). The smallest absolute Gasteiger partial charge is 0.333 e. The van der Waals surface area contributed by atoms with Crippen molar-refractivity contribution >= 4 is 16.2 Å². The average Bonchev–Trinajstić information content (AvgIpc) is 2.20. The number of carbonyl (C=O) groups is 1. The third-order valence-electron chi connectivity index (χ3n) is 1.71. The lowest BCUT2D eigenvalue weighted by Gasteiger charge is -2.11. The SMILES string of the molecule is C=C(C)C(=O)OCC(O)COCCC[SiH3]. The summed E-state index contributed by atoms with van der Waals surface area (Å²) >= 11 is 0. The molecule has 0 radical (unpaired) electrons. The lowest BCUT2D eigenvalue weighted by Crippen LogP contribution is -2.24. The van der Waals surface area contributed by atoms with Crippen LogP contribution in [0.3, 0.4) is 0 Å². The van der Waals surface area contributed by atoms with Crippen LogP contribution < -0.4 is 0 Å². The molecule has 0 aliphatic rings. The minimum Gasteiger partial charge on any atom is -0.460 e. The molecular weight excluding hydrogens is 212 g/mol. The Kier molecular flexibility index (Phi) is 8.26. The Bertz CT molecular complexity index is 206. The van der Waals surface area contributed by atoms with Crippen molar-refractivity contribution in [3.05, 3.63) is 12.2 Å². The topological polar surface area (TPSA) is 55.8 Å². The van der Waals surface area contributed by atoms with Gasteiger partial charge in [0.1, 0.15) is 12.7 Å². The zero-order valence-corrected chi connectivity index (χ0v) is 11.5.